The number of pyridine rings is 1. The monoisotopic (exact) mass is 235 g/mol. The summed E-state index contributed by atoms with van der Waals surface area (Å²) in [5.74, 6) is 0.708. The quantitative estimate of drug-likeness (QED) is 0.797. The van der Waals surface area contributed by atoms with Gasteiger partial charge in [0.2, 0.25) is 0 Å². The van der Waals surface area contributed by atoms with Crippen molar-refractivity contribution >= 4 is 5.82 Å². The van der Waals surface area contributed by atoms with Crippen LogP contribution in [0, 0.1) is 11.3 Å². The van der Waals surface area contributed by atoms with E-state index in [1.165, 1.54) is 13.3 Å². The number of methoxy groups -OCH3 is 1. The molecule has 1 aliphatic rings. The first-order valence-electron chi connectivity index (χ1n) is 5.46. The van der Waals surface area contributed by atoms with Gasteiger partial charge in [-0.05, 0) is 12.1 Å². The fourth-order valence-corrected chi connectivity index (χ4v) is 2.05. The number of alkyl halides is 1. The molecule has 0 saturated carbocycles. The molecule has 1 atom stereocenters. The van der Waals surface area contributed by atoms with E-state index in [1.807, 2.05) is 11.0 Å². The topological polar surface area (TPSA) is 49.1 Å². The number of nitrogens with zero attached hydrogens (tertiary/aromatic N) is 3. The maximum absolute atomic E-state index is 14.1. The third kappa shape index (κ3) is 2.53. The lowest BCUT2D eigenvalue weighted by atomic mass is 10.1. The number of nitriles is 1. The fourth-order valence-electron chi connectivity index (χ4n) is 2.05. The minimum atomic E-state index is -1.29. The summed E-state index contributed by atoms with van der Waals surface area (Å²) >= 11 is 0. The lowest BCUT2D eigenvalue weighted by molar-refractivity contribution is 0.0570. The predicted octanol–water partition coefficient (Wildman–Crippen LogP) is 1.52. The van der Waals surface area contributed by atoms with Gasteiger partial charge >= 0.3 is 0 Å². The number of rotatable bonds is 3. The second-order valence-corrected chi connectivity index (χ2v) is 4.27. The van der Waals surface area contributed by atoms with Gasteiger partial charge in [0.05, 0.1) is 18.7 Å². The van der Waals surface area contributed by atoms with Crippen LogP contribution in [0.3, 0.4) is 0 Å². The zero-order chi connectivity index (χ0) is 12.3. The maximum Gasteiger partial charge on any atom is 0.153 e. The van der Waals surface area contributed by atoms with Crippen LogP contribution in [-0.2, 0) is 4.74 Å². The van der Waals surface area contributed by atoms with Gasteiger partial charge in [-0.25, -0.2) is 9.37 Å². The summed E-state index contributed by atoms with van der Waals surface area (Å²) in [6.45, 7) is 1.03. The van der Waals surface area contributed by atoms with Gasteiger partial charge in [0.25, 0.3) is 0 Å². The van der Waals surface area contributed by atoms with Crippen molar-refractivity contribution in [1.82, 2.24) is 4.98 Å². The average molecular weight is 235 g/mol. The van der Waals surface area contributed by atoms with Crippen LogP contribution in [0.15, 0.2) is 18.3 Å². The molecular weight excluding hydrogens is 221 g/mol. The molecule has 1 unspecified atom stereocenters. The molecule has 1 aromatic heterocycles. The summed E-state index contributed by atoms with van der Waals surface area (Å²) in [6, 6.07) is 5.44. The molecule has 1 aromatic rings. The zero-order valence-electron chi connectivity index (χ0n) is 9.69. The Hall–Kier alpha value is -1.67. The summed E-state index contributed by atoms with van der Waals surface area (Å²) in [7, 11) is 1.50. The molecule has 90 valence electrons. The summed E-state index contributed by atoms with van der Waals surface area (Å²) in [4.78, 5) is 6.03. The van der Waals surface area contributed by atoms with Crippen LogP contribution in [0.2, 0.25) is 0 Å². The number of hydrogen-bond acceptors (Lipinski definition) is 4. The molecule has 0 radical (unpaired) electrons. The molecule has 0 aromatic carbocycles. The van der Waals surface area contributed by atoms with Crippen molar-refractivity contribution < 1.29 is 9.13 Å². The van der Waals surface area contributed by atoms with Crippen molar-refractivity contribution in [3.05, 3.63) is 23.9 Å². The van der Waals surface area contributed by atoms with E-state index in [4.69, 9.17) is 10.00 Å². The molecule has 0 aliphatic carbocycles. The van der Waals surface area contributed by atoms with Crippen molar-refractivity contribution in [3.63, 3.8) is 0 Å². The van der Waals surface area contributed by atoms with Crippen molar-refractivity contribution in [3.8, 4) is 6.07 Å². The van der Waals surface area contributed by atoms with Crippen LogP contribution < -0.4 is 4.90 Å². The number of halogens is 1. The highest BCUT2D eigenvalue weighted by molar-refractivity contribution is 5.43. The van der Waals surface area contributed by atoms with Gasteiger partial charge in [-0.3, -0.25) is 0 Å². The van der Waals surface area contributed by atoms with Gasteiger partial charge < -0.3 is 9.64 Å². The standard InChI is InChI=1S/C12H14FN3O/c1-17-9-12(13)4-5-16(8-12)11-3-2-10(6-14)7-15-11/h2-3,7H,4-5,8-9H2,1H3. The van der Waals surface area contributed by atoms with Crippen LogP contribution in [0.4, 0.5) is 10.2 Å². The van der Waals surface area contributed by atoms with E-state index in [0.29, 0.717) is 30.9 Å². The van der Waals surface area contributed by atoms with Crippen molar-refractivity contribution in [2.24, 2.45) is 0 Å². The predicted molar refractivity (Wildman–Crippen MR) is 61.5 cm³/mol. The summed E-state index contributed by atoms with van der Waals surface area (Å²) in [5.41, 5.74) is -0.777. The third-order valence-corrected chi connectivity index (χ3v) is 2.91. The molecule has 5 heteroatoms. The molecule has 1 aliphatic heterocycles. The van der Waals surface area contributed by atoms with Gasteiger partial charge in [0, 0.05) is 26.3 Å². The Bertz CT molecular complexity index is 428. The Morgan fingerprint density at radius 1 is 1.65 bits per heavy atom. The molecule has 0 N–H and O–H groups in total. The Labute approximate surface area is 99.6 Å². The smallest absolute Gasteiger partial charge is 0.153 e. The van der Waals surface area contributed by atoms with E-state index in [2.05, 4.69) is 4.98 Å². The molecule has 0 bridgehead atoms. The number of ether oxygens (including phenoxy) is 1. The van der Waals surface area contributed by atoms with E-state index in [0.717, 1.165) is 0 Å². The highest BCUT2D eigenvalue weighted by Crippen LogP contribution is 2.28. The molecular formula is C12H14FN3O. The van der Waals surface area contributed by atoms with Crippen LogP contribution in [0.25, 0.3) is 0 Å². The average Bonchev–Trinajstić information content (AvgIpc) is 2.72. The van der Waals surface area contributed by atoms with Crippen molar-refractivity contribution in [1.29, 1.82) is 5.26 Å². The highest BCUT2D eigenvalue weighted by atomic mass is 19.1. The largest absolute Gasteiger partial charge is 0.381 e. The summed E-state index contributed by atoms with van der Waals surface area (Å²) < 4.78 is 19.0. The van der Waals surface area contributed by atoms with Crippen molar-refractivity contribution in [2.45, 2.75) is 12.1 Å². The van der Waals surface area contributed by atoms with E-state index >= 15 is 0 Å². The second-order valence-electron chi connectivity index (χ2n) is 4.27. The zero-order valence-corrected chi connectivity index (χ0v) is 9.69. The fraction of sp³-hybridized carbons (Fsp3) is 0.500. The molecule has 1 fully saturated rings. The molecule has 4 nitrogen and oxygen atoms in total. The van der Waals surface area contributed by atoms with E-state index < -0.39 is 5.67 Å². The van der Waals surface area contributed by atoms with Gasteiger partial charge in [-0.15, -0.1) is 0 Å². The second kappa shape index (κ2) is 4.68. The van der Waals surface area contributed by atoms with E-state index in [9.17, 15) is 4.39 Å². The van der Waals surface area contributed by atoms with E-state index in [-0.39, 0.29) is 6.61 Å². The molecule has 17 heavy (non-hydrogen) atoms. The van der Waals surface area contributed by atoms with Crippen molar-refractivity contribution in [2.75, 3.05) is 31.7 Å². The van der Waals surface area contributed by atoms with Crippen LogP contribution in [0.5, 0.6) is 0 Å². The van der Waals surface area contributed by atoms with Gasteiger partial charge in [-0.2, -0.15) is 5.26 Å². The third-order valence-electron chi connectivity index (χ3n) is 2.91. The van der Waals surface area contributed by atoms with Crippen LogP contribution >= 0.6 is 0 Å². The molecule has 1 saturated heterocycles. The summed E-state index contributed by atoms with van der Waals surface area (Å²) in [6.07, 6.45) is 1.95. The Morgan fingerprint density at radius 2 is 2.47 bits per heavy atom. The first kappa shape index (κ1) is 11.8. The van der Waals surface area contributed by atoms with Gasteiger partial charge in [0.1, 0.15) is 11.9 Å². The first-order chi connectivity index (χ1) is 8.17. The van der Waals surface area contributed by atoms with Crippen LogP contribution in [0.1, 0.15) is 12.0 Å². The Balaban J connectivity index is 2.07. The minimum absolute atomic E-state index is 0.111. The minimum Gasteiger partial charge on any atom is -0.381 e. The molecule has 2 rings (SSSR count). The number of aromatic nitrogens is 1. The van der Waals surface area contributed by atoms with Crippen LogP contribution in [-0.4, -0.2) is 37.5 Å². The summed E-state index contributed by atoms with van der Waals surface area (Å²) in [5, 5.41) is 8.67. The Morgan fingerprint density at radius 3 is 3.06 bits per heavy atom. The Kier molecular flexibility index (Phi) is 3.25. The van der Waals surface area contributed by atoms with Gasteiger partial charge in [0.15, 0.2) is 5.67 Å². The highest BCUT2D eigenvalue weighted by Gasteiger charge is 2.38. The molecule has 0 spiro atoms. The lowest BCUT2D eigenvalue weighted by Gasteiger charge is -2.20. The SMILES string of the molecule is COCC1(F)CCN(c2ccc(C#N)cn2)C1. The maximum atomic E-state index is 14.1. The van der Waals surface area contributed by atoms with Gasteiger partial charge in [-0.1, -0.05) is 0 Å². The lowest BCUT2D eigenvalue weighted by Crippen LogP contribution is -2.33. The number of hydrogen-bond donors (Lipinski definition) is 0. The molecule has 0 amide bonds. The number of anilines is 1. The van der Waals surface area contributed by atoms with E-state index in [1.54, 1.807) is 12.1 Å². The first-order valence-corrected chi connectivity index (χ1v) is 5.46. The molecule has 2 heterocycles. The normalized spacial score (nSPS) is 23.7.